The fourth-order valence-corrected chi connectivity index (χ4v) is 2.51. The van der Waals surface area contributed by atoms with Gasteiger partial charge in [0, 0.05) is 18.9 Å². The molecule has 6 nitrogen and oxygen atoms in total. The summed E-state index contributed by atoms with van der Waals surface area (Å²) in [4.78, 5) is 12.9. The number of rotatable bonds is 2. The van der Waals surface area contributed by atoms with Gasteiger partial charge in [-0.25, -0.2) is 0 Å². The molecule has 1 amide bonds. The van der Waals surface area contributed by atoms with Gasteiger partial charge in [-0.3, -0.25) is 9.35 Å². The van der Waals surface area contributed by atoms with E-state index < -0.39 is 10.1 Å². The van der Waals surface area contributed by atoms with Crippen molar-refractivity contribution in [3.63, 3.8) is 0 Å². The van der Waals surface area contributed by atoms with Gasteiger partial charge in [0.15, 0.2) is 0 Å². The third kappa shape index (κ3) is 2.54. The zero-order valence-corrected chi connectivity index (χ0v) is 10.7. The second-order valence-corrected chi connectivity index (χ2v) is 5.69. The van der Waals surface area contributed by atoms with E-state index in [4.69, 9.17) is 16.7 Å². The summed E-state index contributed by atoms with van der Waals surface area (Å²) in [6, 6.07) is 3.69. The van der Waals surface area contributed by atoms with Crippen LogP contribution in [0.15, 0.2) is 23.1 Å². The predicted octanol–water partition coefficient (Wildman–Crippen LogP) is 0.502. The highest BCUT2D eigenvalue weighted by Gasteiger charge is 2.30. The number of carbonyl (C=O) groups excluding carboxylic acids is 1. The SMILES string of the molecule is C#CC1CC(=O)N(c2ccc(S(=O)(=O)O)cc2N)C1. The molecule has 1 unspecified atom stereocenters. The van der Waals surface area contributed by atoms with Crippen LogP contribution < -0.4 is 10.6 Å². The fraction of sp³-hybridized carbons (Fsp3) is 0.250. The van der Waals surface area contributed by atoms with Crippen molar-refractivity contribution in [2.24, 2.45) is 5.92 Å². The van der Waals surface area contributed by atoms with E-state index in [-0.39, 0.29) is 28.8 Å². The second-order valence-electron chi connectivity index (χ2n) is 4.27. The van der Waals surface area contributed by atoms with Crippen molar-refractivity contribution < 1.29 is 17.8 Å². The summed E-state index contributed by atoms with van der Waals surface area (Å²) in [7, 11) is -4.31. The topological polar surface area (TPSA) is 101 Å². The van der Waals surface area contributed by atoms with Crippen molar-refractivity contribution in [3.05, 3.63) is 18.2 Å². The van der Waals surface area contributed by atoms with Crippen molar-refractivity contribution in [2.45, 2.75) is 11.3 Å². The minimum absolute atomic E-state index is 0.0983. The number of hydrogen-bond donors (Lipinski definition) is 2. The van der Waals surface area contributed by atoms with E-state index in [0.29, 0.717) is 12.2 Å². The Morgan fingerprint density at radius 1 is 1.47 bits per heavy atom. The Labute approximate surface area is 111 Å². The Morgan fingerprint density at radius 3 is 2.63 bits per heavy atom. The number of amides is 1. The quantitative estimate of drug-likeness (QED) is 0.467. The fourth-order valence-electron chi connectivity index (χ4n) is 1.99. The van der Waals surface area contributed by atoms with Gasteiger partial charge in [0.05, 0.1) is 16.3 Å². The van der Waals surface area contributed by atoms with Crippen LogP contribution in [-0.2, 0) is 14.9 Å². The number of nitrogen functional groups attached to an aromatic ring is 1. The minimum atomic E-state index is -4.31. The van der Waals surface area contributed by atoms with Gasteiger partial charge in [-0.1, -0.05) is 0 Å². The van der Waals surface area contributed by atoms with Crippen molar-refractivity contribution in [2.75, 3.05) is 17.2 Å². The maximum Gasteiger partial charge on any atom is 0.294 e. The lowest BCUT2D eigenvalue weighted by Crippen LogP contribution is -2.25. The zero-order valence-electron chi connectivity index (χ0n) is 9.91. The smallest absolute Gasteiger partial charge is 0.294 e. The summed E-state index contributed by atoms with van der Waals surface area (Å²) in [5.74, 6) is 2.18. The highest BCUT2D eigenvalue weighted by Crippen LogP contribution is 2.31. The Kier molecular flexibility index (Phi) is 3.22. The molecule has 1 aliphatic rings. The van der Waals surface area contributed by atoms with E-state index >= 15 is 0 Å². The maximum atomic E-state index is 11.8. The predicted molar refractivity (Wildman–Crippen MR) is 70.0 cm³/mol. The van der Waals surface area contributed by atoms with Crippen LogP contribution in [-0.4, -0.2) is 25.4 Å². The van der Waals surface area contributed by atoms with Crippen LogP contribution in [0.25, 0.3) is 0 Å². The van der Waals surface area contributed by atoms with Crippen LogP contribution in [0, 0.1) is 18.3 Å². The van der Waals surface area contributed by atoms with E-state index in [9.17, 15) is 13.2 Å². The maximum absolute atomic E-state index is 11.8. The van der Waals surface area contributed by atoms with E-state index in [1.165, 1.54) is 17.0 Å². The molecule has 0 spiro atoms. The van der Waals surface area contributed by atoms with Crippen LogP contribution in [0.3, 0.4) is 0 Å². The molecular formula is C12H12N2O4S. The van der Waals surface area contributed by atoms with E-state index in [2.05, 4.69) is 5.92 Å². The van der Waals surface area contributed by atoms with Gasteiger partial charge in [0.1, 0.15) is 0 Å². The summed E-state index contributed by atoms with van der Waals surface area (Å²) in [5.41, 5.74) is 6.22. The monoisotopic (exact) mass is 280 g/mol. The van der Waals surface area contributed by atoms with E-state index in [0.717, 1.165) is 6.07 Å². The largest absolute Gasteiger partial charge is 0.397 e. The third-order valence-electron chi connectivity index (χ3n) is 2.95. The van der Waals surface area contributed by atoms with Crippen molar-refractivity contribution >= 4 is 27.4 Å². The Bertz CT molecular complexity index is 675. The summed E-state index contributed by atoms with van der Waals surface area (Å²) in [6.07, 6.45) is 5.53. The molecule has 1 aliphatic heterocycles. The van der Waals surface area contributed by atoms with E-state index in [1.807, 2.05) is 0 Å². The van der Waals surface area contributed by atoms with Gasteiger partial charge < -0.3 is 10.6 Å². The van der Waals surface area contributed by atoms with Gasteiger partial charge in [-0.2, -0.15) is 8.42 Å². The average Bonchev–Trinajstić information content (AvgIpc) is 2.69. The molecule has 1 atom stereocenters. The average molecular weight is 280 g/mol. The second kappa shape index (κ2) is 4.57. The molecule has 1 heterocycles. The zero-order chi connectivity index (χ0) is 14.2. The van der Waals surface area contributed by atoms with Gasteiger partial charge in [-0.15, -0.1) is 12.3 Å². The first-order chi connectivity index (χ1) is 8.82. The number of hydrogen-bond acceptors (Lipinski definition) is 4. The molecule has 7 heteroatoms. The molecule has 0 aliphatic carbocycles. The Morgan fingerprint density at radius 2 is 2.16 bits per heavy atom. The summed E-state index contributed by atoms with van der Waals surface area (Å²) in [5, 5.41) is 0. The summed E-state index contributed by atoms with van der Waals surface area (Å²) < 4.78 is 30.9. The molecule has 0 bridgehead atoms. The number of carbonyl (C=O) groups is 1. The molecule has 2 rings (SSSR count). The molecule has 1 aromatic rings. The van der Waals surface area contributed by atoms with Gasteiger partial charge in [0.2, 0.25) is 5.91 Å². The van der Waals surface area contributed by atoms with E-state index in [1.54, 1.807) is 0 Å². The summed E-state index contributed by atoms with van der Waals surface area (Å²) >= 11 is 0. The summed E-state index contributed by atoms with van der Waals surface area (Å²) in [6.45, 7) is 0.352. The number of terminal acetylenes is 1. The van der Waals surface area contributed by atoms with Crippen LogP contribution in [0.2, 0.25) is 0 Å². The van der Waals surface area contributed by atoms with Gasteiger partial charge >= 0.3 is 0 Å². The highest BCUT2D eigenvalue weighted by atomic mass is 32.2. The van der Waals surface area contributed by atoms with Crippen LogP contribution >= 0.6 is 0 Å². The van der Waals surface area contributed by atoms with Gasteiger partial charge in [0.25, 0.3) is 10.1 Å². The number of nitrogens with zero attached hydrogens (tertiary/aromatic N) is 1. The standard InChI is InChI=1S/C12H12N2O4S/c1-2-8-5-12(15)14(7-8)11-4-3-9(6-10(11)13)19(16,17)18/h1,3-4,6,8H,5,7,13H2,(H,16,17,18). The molecule has 1 aromatic carbocycles. The normalized spacial score (nSPS) is 19.5. The molecule has 0 saturated carbocycles. The van der Waals surface area contributed by atoms with Crippen LogP contribution in [0.5, 0.6) is 0 Å². The first kappa shape index (κ1) is 13.4. The lowest BCUT2D eigenvalue weighted by Gasteiger charge is -2.18. The highest BCUT2D eigenvalue weighted by molar-refractivity contribution is 7.85. The number of nitrogens with two attached hydrogens (primary N) is 1. The van der Waals surface area contributed by atoms with Crippen LogP contribution in [0.1, 0.15) is 6.42 Å². The Balaban J connectivity index is 2.38. The van der Waals surface area contributed by atoms with Crippen molar-refractivity contribution in [3.8, 4) is 12.3 Å². The third-order valence-corrected chi connectivity index (χ3v) is 3.80. The molecule has 0 aromatic heterocycles. The minimum Gasteiger partial charge on any atom is -0.397 e. The molecular weight excluding hydrogens is 268 g/mol. The number of anilines is 2. The molecule has 1 fully saturated rings. The molecule has 1 saturated heterocycles. The number of benzene rings is 1. The van der Waals surface area contributed by atoms with Gasteiger partial charge in [-0.05, 0) is 18.2 Å². The molecule has 0 radical (unpaired) electrons. The molecule has 3 N–H and O–H groups in total. The van der Waals surface area contributed by atoms with Crippen molar-refractivity contribution in [1.82, 2.24) is 0 Å². The first-order valence-corrected chi connectivity index (χ1v) is 6.90. The first-order valence-electron chi connectivity index (χ1n) is 5.46. The van der Waals surface area contributed by atoms with Crippen LogP contribution in [0.4, 0.5) is 11.4 Å². The lowest BCUT2D eigenvalue weighted by molar-refractivity contribution is -0.117. The Hall–Kier alpha value is -2.04. The van der Waals surface area contributed by atoms with Crippen molar-refractivity contribution in [1.29, 1.82) is 0 Å². The lowest BCUT2D eigenvalue weighted by atomic mass is 10.1. The molecule has 19 heavy (non-hydrogen) atoms. The molecule has 100 valence electrons.